The molecule has 12 heteroatoms. The normalized spacial score (nSPS) is 12.5. The number of hydrogen-bond acceptors (Lipinski definition) is 5. The molecule has 0 aliphatic heterocycles. The summed E-state index contributed by atoms with van der Waals surface area (Å²) in [5.41, 5.74) is 0. The molecular weight excluding hydrogens is 644 g/mol. The smallest absolute Gasteiger partial charge is 0.549 e. The van der Waals surface area contributed by atoms with Gasteiger partial charge in [0.25, 0.3) is 0 Å². The topological polar surface area (TPSA) is 83.5 Å². The van der Waals surface area contributed by atoms with Crippen LogP contribution in [0.15, 0.2) is 0 Å². The first-order valence-corrected chi connectivity index (χ1v) is 30.0. The van der Waals surface area contributed by atoms with Gasteiger partial charge in [-0.25, -0.2) is 0 Å². The third-order valence-electron chi connectivity index (χ3n) is 6.85. The number of quaternary nitrogens is 1. The molecule has 40 heavy (non-hydrogen) atoms. The number of likely N-dealkylation sites (N-methyl/N-ethyl adjacent to an activating group) is 1. The van der Waals surface area contributed by atoms with Gasteiger partial charge in [-0.2, -0.15) is 0 Å². The van der Waals surface area contributed by atoms with Crippen LogP contribution in [0.5, 0.6) is 0 Å². The number of carbonyl (C=O) groups is 2. The van der Waals surface area contributed by atoms with Gasteiger partial charge in [0.05, 0.1) is 32.6 Å². The van der Waals surface area contributed by atoms with E-state index in [1.54, 1.807) is 6.04 Å². The summed E-state index contributed by atoms with van der Waals surface area (Å²) in [5.74, 6) is -2.02. The van der Waals surface area contributed by atoms with Crippen LogP contribution in [0.2, 0.25) is 102 Å². The standard InChI is InChI=1S/C14H33NO2Si2.C12H31NSi2.C2H3BrO2.Na/c1-15(2,13-14(16)17)9-8-10-19(6,7)12-11-18(3,4)5;1-13(2)9-8-10-15(6,7)12-11-14(3,4)5;3-1-2(4)5;/h8-13H2,1-7H3;8-12H2,1-7H3;1H2,(H,4,5);/q;;;+1/p-1. The molecule has 0 atom stereocenters. The van der Waals surface area contributed by atoms with E-state index in [4.69, 9.17) is 0 Å². The number of carboxylic acid groups (broad SMARTS) is 2. The molecule has 0 heterocycles. The number of nitrogens with zero attached hydrogens (tertiary/aromatic N) is 2. The average molecular weight is 710 g/mol. The third kappa shape index (κ3) is 41.3. The minimum absolute atomic E-state index is 0. The van der Waals surface area contributed by atoms with Gasteiger partial charge in [0.1, 0.15) is 6.54 Å². The zero-order valence-corrected chi connectivity index (χ0v) is 37.0. The van der Waals surface area contributed by atoms with Crippen molar-refractivity contribution in [3.8, 4) is 0 Å². The Bertz CT molecular complexity index is 684. The van der Waals surface area contributed by atoms with Crippen LogP contribution in [0.4, 0.5) is 0 Å². The van der Waals surface area contributed by atoms with E-state index in [0.717, 1.165) is 13.0 Å². The summed E-state index contributed by atoms with van der Waals surface area (Å²) < 4.78 is 0.542. The van der Waals surface area contributed by atoms with Crippen LogP contribution < -0.4 is 39.8 Å². The summed E-state index contributed by atoms with van der Waals surface area (Å²) in [6, 6.07) is 8.77. The van der Waals surface area contributed by atoms with Gasteiger partial charge < -0.3 is 29.2 Å². The summed E-state index contributed by atoms with van der Waals surface area (Å²) in [5, 5.41) is 19.8. The van der Waals surface area contributed by atoms with E-state index in [-0.39, 0.29) is 41.4 Å². The number of rotatable bonds is 17. The maximum absolute atomic E-state index is 10.7. The predicted octanol–water partition coefficient (Wildman–Crippen LogP) is 2.37. The zero-order valence-electron chi connectivity index (χ0n) is 29.4. The Kier molecular flexibility index (Phi) is 27.3. The Morgan fingerprint density at radius 1 is 0.675 bits per heavy atom. The predicted molar refractivity (Wildman–Crippen MR) is 184 cm³/mol. The van der Waals surface area contributed by atoms with E-state index in [2.05, 4.69) is 100 Å². The number of carbonyl (C=O) groups excluding carboxylic acids is 2. The fourth-order valence-corrected chi connectivity index (χ4v) is 18.1. The molecule has 0 aromatic carbocycles. The summed E-state index contributed by atoms with van der Waals surface area (Å²) in [4.78, 5) is 22.2. The Morgan fingerprint density at radius 3 is 1.30 bits per heavy atom. The van der Waals surface area contributed by atoms with Crippen molar-refractivity contribution in [3.63, 3.8) is 0 Å². The van der Waals surface area contributed by atoms with Crippen LogP contribution >= 0.6 is 15.9 Å². The van der Waals surface area contributed by atoms with Crippen molar-refractivity contribution >= 4 is 60.2 Å². The number of hydrogen-bond donors (Lipinski definition) is 0. The molecule has 0 radical (unpaired) electrons. The van der Waals surface area contributed by atoms with Gasteiger partial charge in [-0.15, -0.1) is 0 Å². The Morgan fingerprint density at radius 2 is 1.02 bits per heavy atom. The van der Waals surface area contributed by atoms with Gasteiger partial charge in [-0.05, 0) is 33.5 Å². The number of halogens is 1. The molecule has 0 spiro atoms. The van der Waals surface area contributed by atoms with Crippen molar-refractivity contribution in [1.29, 1.82) is 0 Å². The molecule has 0 bridgehead atoms. The SMILES string of the molecule is CN(C)CCC[Si](C)(C)CC[Si](C)(C)C.C[N+](C)(CCC[Si](C)(C)CC[Si](C)(C)C)CC(=O)[O-].O=C([O-])CBr.[Na+]. The second kappa shape index (κ2) is 22.7. The molecule has 0 aromatic heterocycles. The minimum Gasteiger partial charge on any atom is -0.549 e. The van der Waals surface area contributed by atoms with Crippen molar-refractivity contribution < 1.29 is 53.8 Å². The molecule has 236 valence electrons. The molecular formula is C28H66BrN2NaO4Si4. The van der Waals surface area contributed by atoms with Crippen molar-refractivity contribution in [2.75, 3.05) is 53.2 Å². The van der Waals surface area contributed by atoms with E-state index < -0.39 is 44.2 Å². The maximum Gasteiger partial charge on any atom is 1.00 e. The van der Waals surface area contributed by atoms with E-state index in [0.29, 0.717) is 4.48 Å². The molecule has 0 amide bonds. The first kappa shape index (κ1) is 48.1. The third-order valence-corrected chi connectivity index (χ3v) is 18.4. The van der Waals surface area contributed by atoms with Crippen molar-refractivity contribution in [2.24, 2.45) is 0 Å². The molecule has 0 aliphatic rings. The molecule has 0 saturated heterocycles. The molecule has 0 unspecified atom stereocenters. The van der Waals surface area contributed by atoms with Gasteiger partial charge in [0.2, 0.25) is 0 Å². The molecule has 0 N–H and O–H groups in total. The fraction of sp³-hybridized carbons (Fsp3) is 0.929. The van der Waals surface area contributed by atoms with Gasteiger partial charge in [0, 0.05) is 37.6 Å². The van der Waals surface area contributed by atoms with Crippen LogP contribution in [0, 0.1) is 0 Å². The minimum atomic E-state index is -1.09. The first-order valence-electron chi connectivity index (χ1n) is 14.6. The van der Waals surface area contributed by atoms with Crippen LogP contribution in [-0.4, -0.2) is 107 Å². The molecule has 0 rings (SSSR count). The van der Waals surface area contributed by atoms with Gasteiger partial charge in [0.15, 0.2) is 0 Å². The molecule has 0 aliphatic carbocycles. The van der Waals surface area contributed by atoms with E-state index in [1.165, 1.54) is 43.2 Å². The Balaban J connectivity index is -0.000000276. The van der Waals surface area contributed by atoms with Crippen LogP contribution in [0.25, 0.3) is 0 Å². The van der Waals surface area contributed by atoms with Crippen LogP contribution in [0.3, 0.4) is 0 Å². The van der Waals surface area contributed by atoms with Gasteiger partial charge >= 0.3 is 29.6 Å². The number of carboxylic acids is 2. The summed E-state index contributed by atoms with van der Waals surface area (Å²) >= 11 is 2.65. The zero-order chi connectivity index (χ0) is 31.7. The van der Waals surface area contributed by atoms with E-state index >= 15 is 0 Å². The number of alkyl halides is 1. The van der Waals surface area contributed by atoms with Gasteiger partial charge in [-0.3, -0.25) is 0 Å². The monoisotopic (exact) mass is 708 g/mol. The fourth-order valence-electron chi connectivity index (χ4n) is 3.96. The largest absolute Gasteiger partial charge is 1.00 e. The second-order valence-electron chi connectivity index (χ2n) is 16.2. The Labute approximate surface area is 284 Å². The van der Waals surface area contributed by atoms with Crippen LogP contribution in [-0.2, 0) is 9.59 Å². The van der Waals surface area contributed by atoms with E-state index in [9.17, 15) is 19.8 Å². The first-order chi connectivity index (χ1) is 17.2. The quantitative estimate of drug-likeness (QED) is 0.132. The van der Waals surface area contributed by atoms with Crippen molar-refractivity contribution in [1.82, 2.24) is 4.90 Å². The molecule has 0 saturated carbocycles. The Hall–Kier alpha value is 1.21. The maximum atomic E-state index is 10.7. The molecule has 0 aromatic rings. The summed E-state index contributed by atoms with van der Waals surface area (Å²) in [6.07, 6.45) is 2.54. The van der Waals surface area contributed by atoms with Crippen LogP contribution in [0.1, 0.15) is 12.8 Å². The summed E-state index contributed by atoms with van der Waals surface area (Å²) in [7, 11) is 4.63. The number of aliphatic carboxylic acids is 2. The van der Waals surface area contributed by atoms with Gasteiger partial charge in [-0.1, -0.05) is 118 Å². The van der Waals surface area contributed by atoms with Crippen molar-refractivity contribution in [2.45, 2.75) is 115 Å². The van der Waals surface area contributed by atoms with E-state index in [1.807, 2.05) is 14.1 Å². The summed E-state index contributed by atoms with van der Waals surface area (Å²) in [6.45, 7) is 27.2. The second-order valence-corrected chi connectivity index (χ2v) is 38.6. The molecule has 0 fully saturated rings. The van der Waals surface area contributed by atoms with Crippen molar-refractivity contribution in [3.05, 3.63) is 0 Å². The molecule has 6 nitrogen and oxygen atoms in total. The average Bonchev–Trinajstić information content (AvgIpc) is 2.69.